The van der Waals surface area contributed by atoms with Gasteiger partial charge in [0.25, 0.3) is 0 Å². The highest BCUT2D eigenvalue weighted by atomic mass is 14.9. The summed E-state index contributed by atoms with van der Waals surface area (Å²) in [5.41, 5.74) is 0. The summed E-state index contributed by atoms with van der Waals surface area (Å²) in [6.07, 6.45) is 1.19. The lowest BCUT2D eigenvalue weighted by Crippen LogP contribution is -2.34. The lowest BCUT2D eigenvalue weighted by Gasteiger charge is -2.20. The third-order valence-electron chi connectivity index (χ3n) is 2.46. The Balaban J connectivity index is 3.57. The highest BCUT2D eigenvalue weighted by Crippen LogP contribution is 2.06. The van der Waals surface area contributed by atoms with Crippen LogP contribution in [0, 0.1) is 23.2 Å². The summed E-state index contributed by atoms with van der Waals surface area (Å²) in [7, 11) is 0. The average molecular weight is 168 g/mol. The molecular formula is C10H20N2. The van der Waals surface area contributed by atoms with Crippen LogP contribution in [-0.2, 0) is 0 Å². The van der Waals surface area contributed by atoms with Crippen molar-refractivity contribution in [2.45, 2.75) is 40.2 Å². The Labute approximate surface area is 76.0 Å². The molecule has 2 heteroatoms. The van der Waals surface area contributed by atoms with Gasteiger partial charge in [0, 0.05) is 12.6 Å². The molecule has 0 aromatic carbocycles. The molecule has 0 aliphatic carbocycles. The molecule has 0 spiro atoms. The highest BCUT2D eigenvalue weighted by molar-refractivity contribution is 4.81. The molecule has 70 valence electrons. The summed E-state index contributed by atoms with van der Waals surface area (Å²) in [5, 5.41) is 11.9. The van der Waals surface area contributed by atoms with E-state index in [0.29, 0.717) is 12.0 Å². The minimum Gasteiger partial charge on any atom is -0.313 e. The first kappa shape index (κ1) is 11.4. The smallest absolute Gasteiger partial charge is 0.0666 e. The normalized spacial score (nSPS) is 17.9. The molecule has 0 bridgehead atoms. The molecule has 0 aliphatic rings. The second-order valence-corrected chi connectivity index (χ2v) is 3.61. The molecule has 0 aliphatic heterocycles. The maximum Gasteiger partial charge on any atom is 0.0666 e. The largest absolute Gasteiger partial charge is 0.313 e. The molecule has 0 rings (SSSR count). The molecule has 3 atom stereocenters. The minimum atomic E-state index is 0.122. The third kappa shape index (κ3) is 4.35. The Hall–Kier alpha value is -0.550. The van der Waals surface area contributed by atoms with Crippen molar-refractivity contribution in [2.75, 3.05) is 6.54 Å². The molecule has 0 amide bonds. The van der Waals surface area contributed by atoms with Crippen molar-refractivity contribution >= 4 is 0 Å². The predicted octanol–water partition coefficient (Wildman–Crippen LogP) is 2.17. The van der Waals surface area contributed by atoms with Crippen molar-refractivity contribution in [3.8, 4) is 6.07 Å². The van der Waals surface area contributed by atoms with E-state index in [-0.39, 0.29) is 5.92 Å². The van der Waals surface area contributed by atoms with Gasteiger partial charge in [0.2, 0.25) is 0 Å². The molecule has 1 N–H and O–H groups in total. The summed E-state index contributed by atoms with van der Waals surface area (Å²) in [6.45, 7) is 9.35. The van der Waals surface area contributed by atoms with Gasteiger partial charge in [-0.05, 0) is 19.8 Å². The quantitative estimate of drug-likeness (QED) is 0.683. The summed E-state index contributed by atoms with van der Waals surface area (Å²) < 4.78 is 0. The molecule has 0 aromatic rings. The zero-order chi connectivity index (χ0) is 9.56. The standard InChI is InChI=1S/C10H20N2/c1-5-9(3)10(4)12-7-8(2)6-11/h8-10,12H,5,7H2,1-4H3. The van der Waals surface area contributed by atoms with E-state index in [2.05, 4.69) is 32.2 Å². The zero-order valence-electron chi connectivity index (χ0n) is 8.59. The lowest BCUT2D eigenvalue weighted by atomic mass is 10.0. The van der Waals surface area contributed by atoms with Crippen molar-refractivity contribution < 1.29 is 0 Å². The van der Waals surface area contributed by atoms with E-state index in [1.807, 2.05) is 6.92 Å². The van der Waals surface area contributed by atoms with E-state index in [1.165, 1.54) is 6.42 Å². The molecule has 0 fully saturated rings. The van der Waals surface area contributed by atoms with Crippen molar-refractivity contribution in [3.05, 3.63) is 0 Å². The van der Waals surface area contributed by atoms with Gasteiger partial charge in [-0.2, -0.15) is 5.26 Å². The SMILES string of the molecule is CCC(C)C(C)NCC(C)C#N. The molecule has 0 radical (unpaired) electrons. The summed E-state index contributed by atoms with van der Waals surface area (Å²) >= 11 is 0. The number of rotatable bonds is 5. The molecule has 0 saturated carbocycles. The monoisotopic (exact) mass is 168 g/mol. The fourth-order valence-corrected chi connectivity index (χ4v) is 0.963. The van der Waals surface area contributed by atoms with Crippen LogP contribution >= 0.6 is 0 Å². The molecule has 3 unspecified atom stereocenters. The Kier molecular flexibility index (Phi) is 5.74. The summed E-state index contributed by atoms with van der Waals surface area (Å²) in [4.78, 5) is 0. The summed E-state index contributed by atoms with van der Waals surface area (Å²) in [6, 6.07) is 2.73. The highest BCUT2D eigenvalue weighted by Gasteiger charge is 2.09. The van der Waals surface area contributed by atoms with E-state index >= 15 is 0 Å². The van der Waals surface area contributed by atoms with Gasteiger partial charge >= 0.3 is 0 Å². The van der Waals surface area contributed by atoms with Crippen LogP contribution in [0.25, 0.3) is 0 Å². The van der Waals surface area contributed by atoms with Crippen LogP contribution < -0.4 is 5.32 Å². The second-order valence-electron chi connectivity index (χ2n) is 3.61. The van der Waals surface area contributed by atoms with Crippen LogP contribution in [0.2, 0.25) is 0 Å². The Bertz CT molecular complexity index is 148. The average Bonchev–Trinajstić information content (AvgIpc) is 2.11. The van der Waals surface area contributed by atoms with Gasteiger partial charge in [-0.15, -0.1) is 0 Å². The number of hydrogen-bond donors (Lipinski definition) is 1. The van der Waals surface area contributed by atoms with Gasteiger partial charge in [0.15, 0.2) is 0 Å². The van der Waals surface area contributed by atoms with Crippen LogP contribution in [0.15, 0.2) is 0 Å². The topological polar surface area (TPSA) is 35.8 Å². The minimum absolute atomic E-state index is 0.122. The predicted molar refractivity (Wildman–Crippen MR) is 51.7 cm³/mol. The fourth-order valence-electron chi connectivity index (χ4n) is 0.963. The fraction of sp³-hybridized carbons (Fsp3) is 0.900. The molecule has 0 aromatic heterocycles. The number of nitrogens with one attached hydrogen (secondary N) is 1. The number of nitriles is 1. The van der Waals surface area contributed by atoms with Gasteiger partial charge < -0.3 is 5.32 Å². The number of nitrogens with zero attached hydrogens (tertiary/aromatic N) is 1. The molecular weight excluding hydrogens is 148 g/mol. The van der Waals surface area contributed by atoms with Gasteiger partial charge in [0.05, 0.1) is 12.0 Å². The molecule has 0 heterocycles. The van der Waals surface area contributed by atoms with E-state index in [9.17, 15) is 0 Å². The van der Waals surface area contributed by atoms with Crippen molar-refractivity contribution in [1.29, 1.82) is 5.26 Å². The summed E-state index contributed by atoms with van der Waals surface area (Å²) in [5.74, 6) is 0.812. The van der Waals surface area contributed by atoms with Gasteiger partial charge in [-0.1, -0.05) is 20.3 Å². The van der Waals surface area contributed by atoms with Crippen LogP contribution in [0.4, 0.5) is 0 Å². The second kappa shape index (κ2) is 6.02. The Morgan fingerprint density at radius 1 is 1.33 bits per heavy atom. The van der Waals surface area contributed by atoms with Crippen LogP contribution in [-0.4, -0.2) is 12.6 Å². The van der Waals surface area contributed by atoms with Gasteiger partial charge in [-0.25, -0.2) is 0 Å². The van der Waals surface area contributed by atoms with Crippen LogP contribution in [0.3, 0.4) is 0 Å². The molecule has 0 saturated heterocycles. The van der Waals surface area contributed by atoms with E-state index in [0.717, 1.165) is 6.54 Å². The van der Waals surface area contributed by atoms with Crippen molar-refractivity contribution in [1.82, 2.24) is 5.32 Å². The third-order valence-corrected chi connectivity index (χ3v) is 2.46. The van der Waals surface area contributed by atoms with E-state index in [4.69, 9.17) is 5.26 Å². The number of hydrogen-bond acceptors (Lipinski definition) is 2. The Morgan fingerprint density at radius 2 is 1.92 bits per heavy atom. The maximum atomic E-state index is 8.55. The van der Waals surface area contributed by atoms with Gasteiger partial charge in [-0.3, -0.25) is 0 Å². The molecule has 12 heavy (non-hydrogen) atoms. The van der Waals surface area contributed by atoms with Gasteiger partial charge in [0.1, 0.15) is 0 Å². The first-order chi connectivity index (χ1) is 5.61. The van der Waals surface area contributed by atoms with Crippen molar-refractivity contribution in [3.63, 3.8) is 0 Å². The lowest BCUT2D eigenvalue weighted by molar-refractivity contribution is 0.380. The molecule has 2 nitrogen and oxygen atoms in total. The zero-order valence-corrected chi connectivity index (χ0v) is 8.59. The van der Waals surface area contributed by atoms with Crippen molar-refractivity contribution in [2.24, 2.45) is 11.8 Å². The first-order valence-corrected chi connectivity index (χ1v) is 4.74. The van der Waals surface area contributed by atoms with E-state index in [1.54, 1.807) is 0 Å². The first-order valence-electron chi connectivity index (χ1n) is 4.74. The maximum absolute atomic E-state index is 8.55. The van der Waals surface area contributed by atoms with Crippen LogP contribution in [0.5, 0.6) is 0 Å². The van der Waals surface area contributed by atoms with E-state index < -0.39 is 0 Å². The van der Waals surface area contributed by atoms with Crippen LogP contribution in [0.1, 0.15) is 34.1 Å². The Morgan fingerprint density at radius 3 is 2.33 bits per heavy atom.